The number of halogens is 1. The number of aliphatic hydroxyl groups is 11. The van der Waals surface area contributed by atoms with E-state index in [1.54, 1.807) is 13.8 Å². The van der Waals surface area contributed by atoms with Gasteiger partial charge in [0.1, 0.15) is 41.7 Å². The minimum absolute atomic E-state index is 0.0246. The Morgan fingerprint density at radius 1 is 0.556 bits per heavy atom. The summed E-state index contributed by atoms with van der Waals surface area (Å²) in [6.07, 6.45) is -4.40. The molecule has 18 N–H and O–H groups in total. The second-order valence-electron chi connectivity index (χ2n) is 20.5. The van der Waals surface area contributed by atoms with Crippen LogP contribution in [0.4, 0.5) is 0 Å². The lowest BCUT2D eigenvalue weighted by molar-refractivity contribution is -0.187. The standard InChI is InChI=1S/C13H23NO5.C10H19NO5.C10H14O5.C7H12O6.C3H9N.C3H6.ClH2N/c1-4-5-14-11(16)13(17)6-8(15)10-9(7-13)18-12(2,3)19-10;1-2-3-11-9(15)10(16)4-6(12)8(14)7(13)5-10;1-9(2)14-6-4-10(12)3-5(7(6)15-9)13-8(10)11;8-3-1-7(13,6(11)12)2-4(9)5(3)10;1-2-3-4;1-2-3-1;1-2/h8-10,15,17H,4-7H2,1-3H3,(H,14,16);6-8,12-14,16H,2-5H2,1H3,(H,11,15);5-7,12H,3-4H2,1-2H3;3-5,8-10,13H,1-2H2,(H,11,12);2-4H2,1H3;1-3H2;2H2/t8-,9-,10+,13-;6-,7-,8?,10?;5-,6-,7+,10-;3-,4-,5?,7?;;;/m1111.../s1. The van der Waals surface area contributed by atoms with Crippen LogP contribution in [0.3, 0.4) is 0 Å². The lowest BCUT2D eigenvalue weighted by Crippen LogP contribution is -2.59. The van der Waals surface area contributed by atoms with Crippen molar-refractivity contribution in [2.75, 3.05) is 19.6 Å². The number of fused-ring (bicyclic) bond motifs is 5. The van der Waals surface area contributed by atoms with E-state index in [0.717, 1.165) is 25.8 Å². The molecule has 8 aliphatic rings. The molecule has 2 amide bonds. The molecule has 5 aliphatic carbocycles. The van der Waals surface area contributed by atoms with E-state index in [1.807, 2.05) is 27.7 Å². The molecule has 0 aromatic rings. The maximum atomic E-state index is 12.0. The van der Waals surface area contributed by atoms with Crippen LogP contribution in [-0.4, -0.2) is 212 Å². The van der Waals surface area contributed by atoms with E-state index >= 15 is 0 Å². The van der Waals surface area contributed by atoms with Crippen molar-refractivity contribution in [3.8, 4) is 0 Å². The summed E-state index contributed by atoms with van der Waals surface area (Å²) >= 11 is 4.14. The Kier molecular flexibility index (Phi) is 25.5. The summed E-state index contributed by atoms with van der Waals surface area (Å²) in [4.78, 5) is 45.5. The number of hydrogen-bond acceptors (Lipinski definition) is 22. The van der Waals surface area contributed by atoms with Gasteiger partial charge in [-0.3, -0.25) is 9.59 Å². The number of carboxylic acid groups (broad SMARTS) is 1. The summed E-state index contributed by atoms with van der Waals surface area (Å²) in [6, 6.07) is 0. The third kappa shape index (κ3) is 18.4. The van der Waals surface area contributed by atoms with Crippen LogP contribution in [0.5, 0.6) is 0 Å². The highest BCUT2D eigenvalue weighted by Crippen LogP contribution is 2.46. The molecule has 0 unspecified atom stereocenters. The maximum Gasteiger partial charge on any atom is 0.338 e. The number of nitrogens with two attached hydrogens (primary N) is 2. The molecule has 5 saturated carbocycles. The van der Waals surface area contributed by atoms with Crippen molar-refractivity contribution in [3.63, 3.8) is 0 Å². The molecule has 0 spiro atoms. The molecule has 0 aromatic carbocycles. The van der Waals surface area contributed by atoms with Gasteiger partial charge in [-0.05, 0) is 65.3 Å². The fourth-order valence-corrected chi connectivity index (χ4v) is 8.85. The van der Waals surface area contributed by atoms with Crippen molar-refractivity contribution in [2.24, 2.45) is 11.0 Å². The molecule has 3 heterocycles. The van der Waals surface area contributed by atoms with Crippen LogP contribution in [0.1, 0.15) is 138 Å². The summed E-state index contributed by atoms with van der Waals surface area (Å²) in [7, 11) is 0. The number of ether oxygens (including phenoxy) is 5. The van der Waals surface area contributed by atoms with Gasteiger partial charge in [0.15, 0.2) is 22.8 Å². The fourth-order valence-electron chi connectivity index (χ4n) is 8.85. The average Bonchev–Trinajstić information content (AvgIpc) is 4.06. The smallest absolute Gasteiger partial charge is 0.338 e. The molecule has 3 aliphatic heterocycles. The van der Waals surface area contributed by atoms with Gasteiger partial charge in [-0.15, -0.1) is 0 Å². The average molecular weight is 1070 g/mol. The first-order chi connectivity index (χ1) is 33.4. The highest BCUT2D eigenvalue weighted by molar-refractivity contribution is 6.11. The second-order valence-corrected chi connectivity index (χ2v) is 20.5. The Hall–Kier alpha value is -2.51. The molecular weight excluding hydrogens is 980 g/mol. The Morgan fingerprint density at radius 2 is 0.903 bits per heavy atom. The number of aliphatic hydroxyl groups excluding tert-OH is 7. The molecule has 25 nitrogen and oxygen atoms in total. The van der Waals surface area contributed by atoms with E-state index in [1.165, 1.54) is 19.3 Å². The first-order valence-corrected chi connectivity index (χ1v) is 25.1. The molecule has 2 bridgehead atoms. The molecule has 0 aromatic heterocycles. The van der Waals surface area contributed by atoms with Crippen LogP contribution >= 0.6 is 11.8 Å². The van der Waals surface area contributed by atoms with E-state index in [2.05, 4.69) is 34.6 Å². The summed E-state index contributed by atoms with van der Waals surface area (Å²) in [6.45, 7) is 14.8. The van der Waals surface area contributed by atoms with Gasteiger partial charge in [0, 0.05) is 64.5 Å². The van der Waals surface area contributed by atoms with Crippen molar-refractivity contribution < 1.29 is 104 Å². The third-order valence-electron chi connectivity index (χ3n) is 12.7. The molecule has 422 valence electrons. The van der Waals surface area contributed by atoms with Gasteiger partial charge in [0.2, 0.25) is 0 Å². The Bertz CT molecular complexity index is 1690. The Balaban J connectivity index is 0.000000312. The van der Waals surface area contributed by atoms with Crippen LogP contribution in [0, 0.1) is 0 Å². The predicted octanol–water partition coefficient (Wildman–Crippen LogP) is -2.70. The van der Waals surface area contributed by atoms with Crippen LogP contribution < -0.4 is 21.6 Å². The van der Waals surface area contributed by atoms with Crippen LogP contribution in [0.15, 0.2) is 0 Å². The number of amides is 2. The molecule has 12 atom stereocenters. The van der Waals surface area contributed by atoms with Gasteiger partial charge in [0.05, 0.1) is 42.7 Å². The molecular formula is C46H85ClN4O21. The topological polar surface area (TPSA) is 433 Å². The molecule has 72 heavy (non-hydrogen) atoms. The monoisotopic (exact) mass is 1060 g/mol. The highest BCUT2D eigenvalue weighted by Gasteiger charge is 2.63. The lowest BCUT2D eigenvalue weighted by atomic mass is 9.79. The van der Waals surface area contributed by atoms with Gasteiger partial charge >= 0.3 is 11.9 Å². The first kappa shape index (κ1) is 65.6. The van der Waals surface area contributed by atoms with Crippen LogP contribution in [-0.2, 0) is 42.9 Å². The number of carbonyl (C=O) groups is 4. The number of rotatable bonds is 8. The zero-order valence-electron chi connectivity index (χ0n) is 42.5. The number of carboxylic acids is 1. The van der Waals surface area contributed by atoms with Gasteiger partial charge < -0.3 is 101 Å². The number of nitrogens with one attached hydrogen (secondary N) is 2. The normalized spacial score (nSPS) is 40.0. The molecule has 0 radical (unpaired) electrons. The Morgan fingerprint density at radius 3 is 1.28 bits per heavy atom. The minimum Gasteiger partial charge on any atom is -0.479 e. The van der Waals surface area contributed by atoms with Crippen molar-refractivity contribution in [2.45, 2.75) is 246 Å². The predicted molar refractivity (Wildman–Crippen MR) is 254 cm³/mol. The summed E-state index contributed by atoms with van der Waals surface area (Å²) in [5, 5.41) is 123. The molecule has 8 fully saturated rings. The highest BCUT2D eigenvalue weighted by atomic mass is 35.5. The number of esters is 1. The molecule has 26 heteroatoms. The first-order valence-electron chi connectivity index (χ1n) is 24.7. The summed E-state index contributed by atoms with van der Waals surface area (Å²) in [5.74, 6) is -4.53. The summed E-state index contributed by atoms with van der Waals surface area (Å²) < 4.78 is 27.7. The minimum atomic E-state index is -2.14. The zero-order chi connectivity index (χ0) is 55.2. The van der Waals surface area contributed by atoms with E-state index in [-0.39, 0.29) is 50.4 Å². The van der Waals surface area contributed by atoms with Gasteiger partial charge in [0.25, 0.3) is 11.8 Å². The van der Waals surface area contributed by atoms with E-state index in [4.69, 9.17) is 49.8 Å². The van der Waals surface area contributed by atoms with Gasteiger partial charge in [-0.25, -0.2) is 14.8 Å². The number of aliphatic carboxylic acids is 1. The van der Waals surface area contributed by atoms with Crippen molar-refractivity contribution >= 4 is 35.5 Å². The van der Waals surface area contributed by atoms with Crippen LogP contribution in [0.25, 0.3) is 0 Å². The zero-order valence-corrected chi connectivity index (χ0v) is 43.3. The quantitative estimate of drug-likeness (QED) is 0.0868. The SMILES string of the molecule is C1CC1.CC1(C)O[C@H]2[C@H]3C[C@@](O)(C[C@H]2O1)C(=O)O3.CCCN.CCCNC(=O)C1(O)C[C@@H](O)C(O)[C@H](O)C1.CCCNC(=O)[C@@]1(O)C[C@@H](O)[C@@H]2OC(C)(C)O[C@@H]2C1.NCl.O=C(O)C1(O)C[C@@H](O)C(O)[C@H](O)C1. The van der Waals surface area contributed by atoms with Crippen molar-refractivity contribution in [3.05, 3.63) is 0 Å². The van der Waals surface area contributed by atoms with Crippen LogP contribution in [0.2, 0.25) is 0 Å². The molecule has 3 saturated heterocycles. The summed E-state index contributed by atoms with van der Waals surface area (Å²) in [5.41, 5.74) is -1.85. The van der Waals surface area contributed by atoms with E-state index in [0.29, 0.717) is 19.5 Å². The number of carbonyl (C=O) groups excluding carboxylic acids is 3. The van der Waals surface area contributed by atoms with Gasteiger partial charge in [-0.2, -0.15) is 0 Å². The number of hydrogen-bond donors (Lipinski definition) is 16. The van der Waals surface area contributed by atoms with Gasteiger partial charge in [-0.1, -0.05) is 40.0 Å². The third-order valence-corrected chi connectivity index (χ3v) is 12.7. The molecule has 8 rings (SSSR count). The van der Waals surface area contributed by atoms with E-state index in [9.17, 15) is 60.0 Å². The maximum absolute atomic E-state index is 12.0. The lowest BCUT2D eigenvalue weighted by Gasteiger charge is -2.39. The fraction of sp³-hybridized carbons (Fsp3) is 0.913. The Labute approximate surface area is 425 Å². The van der Waals surface area contributed by atoms with Crippen molar-refractivity contribution in [1.82, 2.24) is 10.6 Å². The largest absolute Gasteiger partial charge is 0.479 e. The van der Waals surface area contributed by atoms with E-state index < -0.39 is 126 Å². The van der Waals surface area contributed by atoms with Crippen molar-refractivity contribution in [1.29, 1.82) is 0 Å². The second kappa shape index (κ2) is 28.0.